The Hall–Kier alpha value is -3.96. The molecule has 0 aliphatic carbocycles. The molecule has 0 amide bonds. The fourth-order valence-electron chi connectivity index (χ4n) is 6.07. The number of ether oxygens (including phenoxy) is 1. The molecule has 0 N–H and O–H groups in total. The Morgan fingerprint density at radius 3 is 2.44 bits per heavy atom. The molecule has 1 aromatic heterocycles. The molecule has 0 saturated carbocycles. The average Bonchev–Trinajstić information content (AvgIpc) is 3.38. The van der Waals surface area contributed by atoms with Gasteiger partial charge in [0.15, 0.2) is 0 Å². The molecule has 1 fully saturated rings. The molecule has 2 aliphatic rings. The number of halogens is 1. The molecule has 2 aliphatic heterocycles. The van der Waals surface area contributed by atoms with Gasteiger partial charge in [-0.2, -0.15) is 0 Å². The monoisotopic (exact) mass is 536 g/mol. The largest absolute Gasteiger partial charge is 0.465 e. The van der Waals surface area contributed by atoms with E-state index in [9.17, 15) is 9.59 Å². The van der Waals surface area contributed by atoms with E-state index in [-0.39, 0.29) is 23.3 Å². The van der Waals surface area contributed by atoms with Crippen molar-refractivity contribution in [2.45, 2.75) is 38.6 Å². The summed E-state index contributed by atoms with van der Waals surface area (Å²) >= 11 is 6.31. The van der Waals surface area contributed by atoms with Crippen LogP contribution in [-0.4, -0.2) is 41.3 Å². The lowest BCUT2D eigenvalue weighted by atomic mass is 9.76. The standard InChI is InChI=1S/C33H29ClN2O3/c1-19-6-9-22(10-7-19)31-30-28(21-11-13-23(34)14-12-21)27-5-4-16-36(27)18-25(33(38)39-3)32(37)29(30)24-17-20(2)8-15-26(24)35-31/h6-15,17-18,27-28H,4-5,16H2,1-3H3/b25-18+/t27-,28-/m0/s1. The van der Waals surface area contributed by atoms with Gasteiger partial charge in [-0.3, -0.25) is 4.79 Å². The van der Waals surface area contributed by atoms with E-state index in [1.165, 1.54) is 7.11 Å². The molecule has 2 atom stereocenters. The van der Waals surface area contributed by atoms with Crippen LogP contribution in [0.4, 0.5) is 0 Å². The summed E-state index contributed by atoms with van der Waals surface area (Å²) in [6.07, 6.45) is 3.58. The normalized spacial score (nSPS) is 20.1. The molecule has 0 spiro atoms. The number of Topliss-reactive ketones (excluding diaryl/α,β-unsaturated/α-hetero) is 1. The second-order valence-electron chi connectivity index (χ2n) is 10.5. The third-order valence-corrected chi connectivity index (χ3v) is 8.19. The van der Waals surface area contributed by atoms with Crippen molar-refractivity contribution in [3.63, 3.8) is 0 Å². The first-order valence-electron chi connectivity index (χ1n) is 13.2. The zero-order chi connectivity index (χ0) is 27.3. The fourth-order valence-corrected chi connectivity index (χ4v) is 6.20. The van der Waals surface area contributed by atoms with Crippen molar-refractivity contribution in [2.24, 2.45) is 0 Å². The molecule has 0 bridgehead atoms. The van der Waals surface area contributed by atoms with E-state index in [0.717, 1.165) is 58.3 Å². The Labute approximate surface area is 233 Å². The number of aryl methyl sites for hydroxylation is 2. The molecule has 3 aromatic carbocycles. The number of benzene rings is 3. The van der Waals surface area contributed by atoms with Crippen LogP contribution < -0.4 is 0 Å². The molecule has 0 radical (unpaired) electrons. The quantitative estimate of drug-likeness (QED) is 0.208. The molecular weight excluding hydrogens is 508 g/mol. The third-order valence-electron chi connectivity index (χ3n) is 7.94. The number of esters is 1. The minimum Gasteiger partial charge on any atom is -0.465 e. The first kappa shape index (κ1) is 25.3. The van der Waals surface area contributed by atoms with Crippen molar-refractivity contribution in [1.29, 1.82) is 0 Å². The molecule has 6 rings (SSSR count). The molecule has 1 saturated heterocycles. The number of hydrogen-bond donors (Lipinski definition) is 0. The molecule has 3 heterocycles. The van der Waals surface area contributed by atoms with Gasteiger partial charge in [0.1, 0.15) is 5.57 Å². The molecule has 196 valence electrons. The minimum absolute atomic E-state index is 0.0194. The number of methoxy groups -OCH3 is 1. The summed E-state index contributed by atoms with van der Waals surface area (Å²) in [7, 11) is 1.32. The Bertz CT molecular complexity index is 1640. The second-order valence-corrected chi connectivity index (χ2v) is 10.9. The highest BCUT2D eigenvalue weighted by Crippen LogP contribution is 2.46. The lowest BCUT2D eigenvalue weighted by Crippen LogP contribution is -2.36. The van der Waals surface area contributed by atoms with E-state index >= 15 is 0 Å². The van der Waals surface area contributed by atoms with Crippen molar-refractivity contribution >= 4 is 34.3 Å². The number of fused-ring (bicyclic) bond motifs is 4. The van der Waals surface area contributed by atoms with Gasteiger partial charge in [-0.15, -0.1) is 0 Å². The summed E-state index contributed by atoms with van der Waals surface area (Å²) in [5.41, 5.74) is 7.02. The zero-order valence-electron chi connectivity index (χ0n) is 22.2. The highest BCUT2D eigenvalue weighted by atomic mass is 35.5. The lowest BCUT2D eigenvalue weighted by molar-refractivity contribution is -0.135. The third kappa shape index (κ3) is 4.41. The SMILES string of the molecule is COC(=O)/C1=C/N2CCC[C@H]2[C@H](c2ccc(Cl)cc2)c2c(-c3ccc(C)cc3)nc3ccc(C)cc3c2C1=O. The first-order chi connectivity index (χ1) is 18.9. The molecule has 4 aromatic rings. The van der Waals surface area contributed by atoms with E-state index < -0.39 is 5.97 Å². The Morgan fingerprint density at radius 1 is 1.00 bits per heavy atom. The topological polar surface area (TPSA) is 59.5 Å². The number of rotatable bonds is 3. The second kappa shape index (κ2) is 9.97. The molecule has 6 heteroatoms. The van der Waals surface area contributed by atoms with Crippen LogP contribution in [0.2, 0.25) is 5.02 Å². The minimum atomic E-state index is -0.629. The Morgan fingerprint density at radius 2 is 1.72 bits per heavy atom. The van der Waals surface area contributed by atoms with Crippen molar-refractivity contribution in [2.75, 3.05) is 13.7 Å². The van der Waals surface area contributed by atoms with E-state index in [1.807, 2.05) is 49.4 Å². The van der Waals surface area contributed by atoms with E-state index in [2.05, 4.69) is 36.1 Å². The van der Waals surface area contributed by atoms with E-state index in [4.69, 9.17) is 21.3 Å². The van der Waals surface area contributed by atoms with Crippen LogP contribution in [0, 0.1) is 13.8 Å². The smallest absolute Gasteiger partial charge is 0.343 e. The number of aromatic nitrogens is 1. The highest BCUT2D eigenvalue weighted by Gasteiger charge is 2.41. The summed E-state index contributed by atoms with van der Waals surface area (Å²) in [6, 6.07) is 22.1. The van der Waals surface area contributed by atoms with Gasteiger partial charge >= 0.3 is 5.97 Å². The molecule has 39 heavy (non-hydrogen) atoms. The van der Waals surface area contributed by atoms with Crippen LogP contribution in [0.5, 0.6) is 0 Å². The highest BCUT2D eigenvalue weighted by molar-refractivity contribution is 6.30. The summed E-state index contributed by atoms with van der Waals surface area (Å²) in [4.78, 5) is 34.9. The Balaban J connectivity index is 1.78. The van der Waals surface area contributed by atoms with Crippen molar-refractivity contribution in [1.82, 2.24) is 9.88 Å². The summed E-state index contributed by atoms with van der Waals surface area (Å²) in [5.74, 6) is -1.14. The number of hydrogen-bond acceptors (Lipinski definition) is 5. The van der Waals surface area contributed by atoms with Gasteiger partial charge in [-0.1, -0.05) is 65.2 Å². The average molecular weight is 537 g/mol. The number of ketones is 1. The number of pyridine rings is 1. The lowest BCUT2D eigenvalue weighted by Gasteiger charge is -2.36. The van der Waals surface area contributed by atoms with Gasteiger partial charge in [-0.25, -0.2) is 9.78 Å². The summed E-state index contributed by atoms with van der Waals surface area (Å²) in [5, 5.41) is 1.40. The van der Waals surface area contributed by atoms with Crippen molar-refractivity contribution in [3.05, 3.63) is 111 Å². The number of nitrogens with zero attached hydrogens (tertiary/aromatic N) is 2. The van der Waals surface area contributed by atoms with Gasteiger partial charge in [0.25, 0.3) is 0 Å². The molecule has 5 nitrogen and oxygen atoms in total. The predicted molar refractivity (Wildman–Crippen MR) is 154 cm³/mol. The predicted octanol–water partition coefficient (Wildman–Crippen LogP) is 7.02. The van der Waals surface area contributed by atoms with E-state index in [0.29, 0.717) is 16.1 Å². The molecule has 0 unspecified atom stereocenters. The van der Waals surface area contributed by atoms with Crippen LogP contribution >= 0.6 is 11.6 Å². The van der Waals surface area contributed by atoms with Crippen LogP contribution in [-0.2, 0) is 9.53 Å². The Kier molecular flexibility index (Phi) is 6.48. The van der Waals surface area contributed by atoms with Crippen LogP contribution in [0.25, 0.3) is 22.2 Å². The van der Waals surface area contributed by atoms with Gasteiger partial charge in [0.05, 0.1) is 18.3 Å². The number of carbonyl (C=O) groups excluding carboxylic acids is 2. The van der Waals surface area contributed by atoms with Crippen LogP contribution in [0.1, 0.15) is 51.4 Å². The van der Waals surface area contributed by atoms with Gasteiger partial charge in [0, 0.05) is 46.2 Å². The fraction of sp³-hybridized carbons (Fsp3) is 0.242. The number of carbonyl (C=O) groups is 2. The van der Waals surface area contributed by atoms with Crippen molar-refractivity contribution in [3.8, 4) is 11.3 Å². The first-order valence-corrected chi connectivity index (χ1v) is 13.6. The molecular formula is C33H29ClN2O3. The maximum absolute atomic E-state index is 14.5. The zero-order valence-corrected chi connectivity index (χ0v) is 23.0. The van der Waals surface area contributed by atoms with Gasteiger partial charge in [-0.05, 0) is 62.1 Å². The van der Waals surface area contributed by atoms with Crippen LogP contribution in [0.15, 0.2) is 78.5 Å². The summed E-state index contributed by atoms with van der Waals surface area (Å²) < 4.78 is 5.12. The summed E-state index contributed by atoms with van der Waals surface area (Å²) in [6.45, 7) is 4.80. The van der Waals surface area contributed by atoms with Crippen molar-refractivity contribution < 1.29 is 14.3 Å². The van der Waals surface area contributed by atoms with Crippen LogP contribution in [0.3, 0.4) is 0 Å². The van der Waals surface area contributed by atoms with E-state index in [1.54, 1.807) is 6.20 Å². The van der Waals surface area contributed by atoms with Gasteiger partial charge in [0.2, 0.25) is 5.78 Å². The maximum atomic E-state index is 14.5. The van der Waals surface area contributed by atoms with Gasteiger partial charge < -0.3 is 9.64 Å². The maximum Gasteiger partial charge on any atom is 0.343 e.